The smallest absolute Gasteiger partial charge is 0.303 e. The first-order valence-electron chi connectivity index (χ1n) is 16.4. The third-order valence-electron chi connectivity index (χ3n) is 15.2. The van der Waals surface area contributed by atoms with E-state index < -0.39 is 29.9 Å². The molecule has 6 heteroatoms. The van der Waals surface area contributed by atoms with Crippen molar-refractivity contribution in [2.45, 2.75) is 143 Å². The molecule has 1 aliphatic heterocycles. The molecular formula is C34H57NO5. The molecule has 14 atom stereocenters. The molecule has 6 rings (SSSR count). The van der Waals surface area contributed by atoms with Gasteiger partial charge in [0.05, 0.1) is 23.9 Å². The maximum atomic E-state index is 12.5. The highest BCUT2D eigenvalue weighted by Gasteiger charge is 2.87. The Morgan fingerprint density at radius 3 is 2.25 bits per heavy atom. The van der Waals surface area contributed by atoms with E-state index in [2.05, 4.69) is 53.9 Å². The molecule has 6 aliphatic rings. The molecule has 6 fully saturated rings. The van der Waals surface area contributed by atoms with Crippen LogP contribution in [0.1, 0.15) is 107 Å². The molecule has 40 heavy (non-hydrogen) atoms. The summed E-state index contributed by atoms with van der Waals surface area (Å²) in [5, 5.41) is 27.1. The minimum absolute atomic E-state index is 0.0168. The average Bonchev–Trinajstić information content (AvgIpc) is 3.32. The maximum absolute atomic E-state index is 12.5. The number of hydrogen-bond donors (Lipinski definition) is 3. The van der Waals surface area contributed by atoms with Crippen LogP contribution in [0.4, 0.5) is 0 Å². The monoisotopic (exact) mass is 559 g/mol. The molecule has 6 nitrogen and oxygen atoms in total. The van der Waals surface area contributed by atoms with Gasteiger partial charge in [0.2, 0.25) is 0 Å². The van der Waals surface area contributed by atoms with Crippen molar-refractivity contribution < 1.29 is 24.5 Å². The van der Waals surface area contributed by atoms with Gasteiger partial charge in [-0.2, -0.15) is 0 Å². The van der Waals surface area contributed by atoms with Crippen molar-refractivity contribution in [3.05, 3.63) is 0 Å². The number of aliphatic hydroxyl groups excluding tert-OH is 1. The van der Waals surface area contributed by atoms with Crippen molar-refractivity contribution in [2.24, 2.45) is 56.7 Å². The van der Waals surface area contributed by atoms with Crippen LogP contribution in [0.3, 0.4) is 0 Å². The van der Waals surface area contributed by atoms with Gasteiger partial charge in [0.1, 0.15) is 0 Å². The summed E-state index contributed by atoms with van der Waals surface area (Å²) < 4.78 is 12.5. The minimum Gasteiger partial charge on any atom is -0.457 e. The van der Waals surface area contributed by atoms with Gasteiger partial charge < -0.3 is 25.0 Å². The number of nitrogens with one attached hydrogen (secondary N) is 1. The van der Waals surface area contributed by atoms with Crippen LogP contribution >= 0.6 is 0 Å². The number of carbonyl (C=O) groups is 1. The van der Waals surface area contributed by atoms with Crippen LogP contribution in [-0.2, 0) is 14.3 Å². The van der Waals surface area contributed by atoms with E-state index in [1.54, 1.807) is 13.8 Å². The van der Waals surface area contributed by atoms with Gasteiger partial charge in [0.15, 0.2) is 6.10 Å². The summed E-state index contributed by atoms with van der Waals surface area (Å²) in [6, 6.07) is 0.570. The summed E-state index contributed by atoms with van der Waals surface area (Å²) in [7, 11) is 2.14. The first-order chi connectivity index (χ1) is 18.5. The largest absolute Gasteiger partial charge is 0.457 e. The van der Waals surface area contributed by atoms with Crippen LogP contribution in [0.5, 0.6) is 0 Å². The van der Waals surface area contributed by atoms with Crippen LogP contribution in [0, 0.1) is 56.7 Å². The van der Waals surface area contributed by atoms with Gasteiger partial charge in [-0.05, 0) is 117 Å². The lowest BCUT2D eigenvalue weighted by Crippen LogP contribution is -2.60. The quantitative estimate of drug-likeness (QED) is 0.403. The number of ether oxygens (including phenoxy) is 2. The fourth-order valence-electron chi connectivity index (χ4n) is 13.6. The molecule has 0 radical (unpaired) electrons. The lowest BCUT2D eigenvalue weighted by atomic mass is 9.41. The Balaban J connectivity index is 1.36. The number of hydrogen-bond acceptors (Lipinski definition) is 6. The Morgan fingerprint density at radius 2 is 1.65 bits per heavy atom. The first kappa shape index (κ1) is 29.4. The van der Waals surface area contributed by atoms with Crippen molar-refractivity contribution >= 4 is 5.97 Å². The molecule has 228 valence electrons. The SMILES string of the molecule is CN[C@H]1CC[C@]23[C@@H](C)[C@]24CC[C@]2(C)C5C(O[C@@H]([C@H](OC(C)=O)C(C)(C)O)C[C@H]5C)[C@H](O)[C@@]2(C)[C@@H]4CC[C@H]3C1(C)C. The zero-order valence-corrected chi connectivity index (χ0v) is 26.8. The highest BCUT2D eigenvalue weighted by molar-refractivity contribution is 5.66. The number of rotatable bonds is 4. The Kier molecular flexibility index (Phi) is 6.39. The summed E-state index contributed by atoms with van der Waals surface area (Å²) in [5.74, 6) is 2.04. The van der Waals surface area contributed by atoms with Crippen molar-refractivity contribution in [1.82, 2.24) is 5.32 Å². The normalized spacial score (nSPS) is 55.1. The molecule has 0 amide bonds. The van der Waals surface area contributed by atoms with E-state index >= 15 is 0 Å². The lowest BCUT2D eigenvalue weighted by Gasteiger charge is -2.64. The summed E-state index contributed by atoms with van der Waals surface area (Å²) in [6.07, 6.45) is 6.06. The predicted octanol–water partition coefficient (Wildman–Crippen LogP) is 5.34. The number of carbonyl (C=O) groups excluding carboxylic acids is 1. The molecule has 0 aromatic carbocycles. The molecule has 0 aromatic heterocycles. The molecule has 3 N–H and O–H groups in total. The fourth-order valence-corrected chi connectivity index (χ4v) is 13.6. The Morgan fingerprint density at radius 1 is 1.02 bits per heavy atom. The van der Waals surface area contributed by atoms with E-state index in [0.717, 1.165) is 18.8 Å². The minimum atomic E-state index is -1.23. The highest BCUT2D eigenvalue weighted by Crippen LogP contribution is 2.91. The second-order valence-electron chi connectivity index (χ2n) is 16.9. The van der Waals surface area contributed by atoms with Gasteiger partial charge in [-0.1, -0.05) is 41.5 Å². The predicted molar refractivity (Wildman–Crippen MR) is 155 cm³/mol. The number of aliphatic hydroxyl groups is 2. The van der Waals surface area contributed by atoms with Gasteiger partial charge in [-0.15, -0.1) is 0 Å². The Labute approximate surface area is 242 Å². The van der Waals surface area contributed by atoms with E-state index in [9.17, 15) is 15.0 Å². The van der Waals surface area contributed by atoms with E-state index in [4.69, 9.17) is 9.47 Å². The van der Waals surface area contributed by atoms with Gasteiger partial charge >= 0.3 is 5.97 Å². The molecule has 5 aliphatic carbocycles. The highest BCUT2D eigenvalue weighted by atomic mass is 16.6. The zero-order valence-electron chi connectivity index (χ0n) is 26.8. The van der Waals surface area contributed by atoms with E-state index in [1.165, 1.54) is 39.0 Å². The van der Waals surface area contributed by atoms with Crippen molar-refractivity contribution in [2.75, 3.05) is 7.05 Å². The van der Waals surface area contributed by atoms with Crippen LogP contribution in [0.15, 0.2) is 0 Å². The topological polar surface area (TPSA) is 88.0 Å². The standard InChI is InChI=1S/C34H57NO5/c1-18-17-21(28(30(6,7)38)39-20(3)36)40-26-25(18)31(8)15-16-34-19(2)33(34)14-13-24(35-10)29(4,5)22(33)11-12-23(34)32(31,9)27(26)37/h18-19,21-28,35,37-38H,11-17H2,1-10H3/t18-,19-,21-,22+,23+,24+,25?,26?,27+,28+,31-,32-,33-,34+/m1/s1. The van der Waals surface area contributed by atoms with E-state index in [-0.39, 0.29) is 28.3 Å². The zero-order chi connectivity index (χ0) is 29.4. The molecule has 2 spiro atoms. The van der Waals surface area contributed by atoms with Gasteiger partial charge in [-0.25, -0.2) is 0 Å². The molecule has 1 saturated heterocycles. The van der Waals surface area contributed by atoms with Crippen molar-refractivity contribution in [3.63, 3.8) is 0 Å². The molecule has 0 aromatic rings. The molecular weight excluding hydrogens is 502 g/mol. The lowest BCUT2D eigenvalue weighted by molar-refractivity contribution is -0.216. The summed E-state index contributed by atoms with van der Waals surface area (Å²) in [6.45, 7) is 19.6. The van der Waals surface area contributed by atoms with Crippen LogP contribution in [0.25, 0.3) is 0 Å². The third-order valence-corrected chi connectivity index (χ3v) is 15.2. The van der Waals surface area contributed by atoms with Crippen LogP contribution < -0.4 is 5.32 Å². The third kappa shape index (κ3) is 3.24. The average molecular weight is 560 g/mol. The molecule has 5 saturated carbocycles. The van der Waals surface area contributed by atoms with Gasteiger partial charge in [-0.3, -0.25) is 4.79 Å². The first-order valence-corrected chi connectivity index (χ1v) is 16.4. The van der Waals surface area contributed by atoms with Gasteiger partial charge in [0.25, 0.3) is 0 Å². The van der Waals surface area contributed by atoms with E-state index in [1.807, 2.05) is 0 Å². The molecule has 1 heterocycles. The number of fused-ring (bicyclic) bond motifs is 4. The van der Waals surface area contributed by atoms with Gasteiger partial charge in [0, 0.05) is 18.4 Å². The summed E-state index contributed by atoms with van der Waals surface area (Å²) >= 11 is 0. The fraction of sp³-hybridized carbons (Fsp3) is 0.971. The second-order valence-corrected chi connectivity index (χ2v) is 16.9. The second kappa shape index (κ2) is 8.70. The summed E-state index contributed by atoms with van der Waals surface area (Å²) in [4.78, 5) is 12.0. The maximum Gasteiger partial charge on any atom is 0.303 e. The van der Waals surface area contributed by atoms with Crippen molar-refractivity contribution in [3.8, 4) is 0 Å². The van der Waals surface area contributed by atoms with Crippen LogP contribution in [0.2, 0.25) is 0 Å². The Bertz CT molecular complexity index is 1050. The Hall–Kier alpha value is -0.690. The summed E-state index contributed by atoms with van der Waals surface area (Å²) in [5.41, 5.74) is -0.512. The molecule has 2 unspecified atom stereocenters. The van der Waals surface area contributed by atoms with Crippen molar-refractivity contribution in [1.29, 1.82) is 0 Å². The molecule has 0 bridgehead atoms. The van der Waals surface area contributed by atoms with Crippen LogP contribution in [-0.4, -0.2) is 59.3 Å². The number of esters is 1. The van der Waals surface area contributed by atoms with E-state index in [0.29, 0.717) is 34.6 Å².